The first-order valence-electron chi connectivity index (χ1n) is 4.29. The maximum Gasteiger partial charge on any atom is 0.136 e. The number of hydrogen-bond donors (Lipinski definition) is 0. The molecule has 0 bridgehead atoms. The summed E-state index contributed by atoms with van der Waals surface area (Å²) in [5.41, 5.74) is 0.389. The maximum absolute atomic E-state index is 13.6. The van der Waals surface area contributed by atoms with E-state index in [0.717, 1.165) is 0 Å². The predicted molar refractivity (Wildman–Crippen MR) is 58.4 cm³/mol. The Kier molecular flexibility index (Phi) is 2.77. The Balaban J connectivity index is 2.57. The molecule has 78 valence electrons. The standard InChI is InChI=1S/C11H8BrFO2/c1-14-11-5-7(9(13)6-8(11)12)10-3-2-4-15-10/h2-6H,1H3. The molecule has 1 aromatic heterocycles. The Bertz CT molecular complexity index is 466. The van der Waals surface area contributed by atoms with E-state index in [0.29, 0.717) is 21.5 Å². The number of methoxy groups -OCH3 is 1. The van der Waals surface area contributed by atoms with Gasteiger partial charge in [0.15, 0.2) is 0 Å². The first kappa shape index (κ1) is 10.2. The third kappa shape index (κ3) is 1.90. The highest BCUT2D eigenvalue weighted by atomic mass is 79.9. The summed E-state index contributed by atoms with van der Waals surface area (Å²) in [4.78, 5) is 0. The number of benzene rings is 1. The fourth-order valence-electron chi connectivity index (χ4n) is 1.31. The topological polar surface area (TPSA) is 22.4 Å². The molecule has 0 N–H and O–H groups in total. The van der Waals surface area contributed by atoms with Gasteiger partial charge in [-0.15, -0.1) is 0 Å². The molecule has 0 spiro atoms. The summed E-state index contributed by atoms with van der Waals surface area (Å²) in [5, 5.41) is 0. The van der Waals surface area contributed by atoms with Crippen molar-refractivity contribution in [2.24, 2.45) is 0 Å². The van der Waals surface area contributed by atoms with E-state index < -0.39 is 0 Å². The summed E-state index contributed by atoms with van der Waals surface area (Å²) < 4.78 is 24.4. The molecule has 0 atom stereocenters. The molecule has 1 aromatic carbocycles. The molecule has 1 heterocycles. The highest BCUT2D eigenvalue weighted by Gasteiger charge is 2.12. The smallest absolute Gasteiger partial charge is 0.136 e. The molecule has 0 unspecified atom stereocenters. The summed E-state index contributed by atoms with van der Waals surface area (Å²) >= 11 is 3.21. The van der Waals surface area contributed by atoms with Crippen molar-refractivity contribution in [1.82, 2.24) is 0 Å². The van der Waals surface area contributed by atoms with Gasteiger partial charge in [-0.05, 0) is 40.2 Å². The average Bonchev–Trinajstić information content (AvgIpc) is 2.71. The number of ether oxygens (including phenoxy) is 1. The van der Waals surface area contributed by atoms with Crippen molar-refractivity contribution < 1.29 is 13.5 Å². The predicted octanol–water partition coefficient (Wildman–Crippen LogP) is 3.86. The van der Waals surface area contributed by atoms with Crippen molar-refractivity contribution in [2.75, 3.05) is 7.11 Å². The van der Waals surface area contributed by atoms with Gasteiger partial charge in [0.25, 0.3) is 0 Å². The lowest BCUT2D eigenvalue weighted by Crippen LogP contribution is -1.89. The minimum atomic E-state index is -0.349. The van der Waals surface area contributed by atoms with Crippen LogP contribution in [0.2, 0.25) is 0 Å². The van der Waals surface area contributed by atoms with E-state index in [4.69, 9.17) is 9.15 Å². The van der Waals surface area contributed by atoms with Crippen LogP contribution in [0.5, 0.6) is 5.75 Å². The molecule has 4 heteroatoms. The molecular weight excluding hydrogens is 263 g/mol. The van der Waals surface area contributed by atoms with Crippen molar-refractivity contribution in [2.45, 2.75) is 0 Å². The molecule has 0 fully saturated rings. The largest absolute Gasteiger partial charge is 0.496 e. The van der Waals surface area contributed by atoms with Crippen LogP contribution in [-0.4, -0.2) is 7.11 Å². The molecule has 2 rings (SSSR count). The molecule has 0 aliphatic rings. The second-order valence-corrected chi connectivity index (χ2v) is 3.80. The molecule has 0 saturated heterocycles. The SMILES string of the molecule is COc1cc(-c2ccco2)c(F)cc1Br. The van der Waals surface area contributed by atoms with Crippen LogP contribution in [0.3, 0.4) is 0 Å². The molecule has 0 saturated carbocycles. The maximum atomic E-state index is 13.6. The van der Waals surface area contributed by atoms with Gasteiger partial charge in [0.2, 0.25) is 0 Å². The van der Waals surface area contributed by atoms with E-state index in [9.17, 15) is 4.39 Å². The molecule has 0 aliphatic carbocycles. The lowest BCUT2D eigenvalue weighted by molar-refractivity contribution is 0.411. The van der Waals surface area contributed by atoms with Crippen molar-refractivity contribution >= 4 is 15.9 Å². The van der Waals surface area contributed by atoms with Gasteiger partial charge >= 0.3 is 0 Å². The van der Waals surface area contributed by atoms with Gasteiger partial charge in [-0.3, -0.25) is 0 Å². The Hall–Kier alpha value is -1.29. The van der Waals surface area contributed by atoms with Crippen LogP contribution in [-0.2, 0) is 0 Å². The second-order valence-electron chi connectivity index (χ2n) is 2.94. The van der Waals surface area contributed by atoms with Gasteiger partial charge in [-0.1, -0.05) is 0 Å². The Morgan fingerprint density at radius 2 is 2.20 bits per heavy atom. The second kappa shape index (κ2) is 4.06. The third-order valence-corrected chi connectivity index (χ3v) is 2.65. The molecule has 0 amide bonds. The first-order chi connectivity index (χ1) is 7.22. The van der Waals surface area contributed by atoms with E-state index in [1.54, 1.807) is 18.2 Å². The quantitative estimate of drug-likeness (QED) is 0.827. The third-order valence-electron chi connectivity index (χ3n) is 2.03. The van der Waals surface area contributed by atoms with Gasteiger partial charge in [0.1, 0.15) is 17.3 Å². The van der Waals surface area contributed by atoms with E-state index in [1.165, 1.54) is 19.4 Å². The number of furan rings is 1. The number of halogens is 2. The lowest BCUT2D eigenvalue weighted by Gasteiger charge is -2.06. The van der Waals surface area contributed by atoms with Crippen molar-refractivity contribution in [3.63, 3.8) is 0 Å². The van der Waals surface area contributed by atoms with Crippen LogP contribution in [0.25, 0.3) is 11.3 Å². The summed E-state index contributed by atoms with van der Waals surface area (Å²) in [5.74, 6) is 0.707. The monoisotopic (exact) mass is 270 g/mol. The molecular formula is C11H8BrFO2. The van der Waals surface area contributed by atoms with E-state index in [-0.39, 0.29) is 5.82 Å². The van der Waals surface area contributed by atoms with E-state index >= 15 is 0 Å². The summed E-state index contributed by atoms with van der Waals surface area (Å²) in [6.07, 6.45) is 1.50. The van der Waals surface area contributed by atoms with E-state index in [1.807, 2.05) is 0 Å². The zero-order valence-corrected chi connectivity index (χ0v) is 9.55. The van der Waals surface area contributed by atoms with Gasteiger partial charge < -0.3 is 9.15 Å². The normalized spacial score (nSPS) is 10.3. The van der Waals surface area contributed by atoms with Crippen LogP contribution in [0.1, 0.15) is 0 Å². The lowest BCUT2D eigenvalue weighted by atomic mass is 10.1. The fraction of sp³-hybridized carbons (Fsp3) is 0.0909. The number of rotatable bonds is 2. The fourth-order valence-corrected chi connectivity index (χ4v) is 1.78. The Morgan fingerprint density at radius 3 is 2.80 bits per heavy atom. The van der Waals surface area contributed by atoms with Crippen LogP contribution < -0.4 is 4.74 Å². The van der Waals surface area contributed by atoms with Gasteiger partial charge in [-0.25, -0.2) is 4.39 Å². The molecule has 0 aliphatic heterocycles. The van der Waals surface area contributed by atoms with Crippen molar-refractivity contribution in [3.05, 3.63) is 40.8 Å². The zero-order valence-electron chi connectivity index (χ0n) is 7.96. The van der Waals surface area contributed by atoms with Crippen LogP contribution in [0, 0.1) is 5.82 Å². The summed E-state index contributed by atoms with van der Waals surface area (Å²) in [6.45, 7) is 0. The van der Waals surface area contributed by atoms with Crippen molar-refractivity contribution in [3.8, 4) is 17.1 Å². The highest BCUT2D eigenvalue weighted by Crippen LogP contribution is 2.33. The first-order valence-corrected chi connectivity index (χ1v) is 5.08. The zero-order chi connectivity index (χ0) is 10.8. The summed E-state index contributed by atoms with van der Waals surface area (Å²) in [7, 11) is 1.53. The Morgan fingerprint density at radius 1 is 1.40 bits per heavy atom. The van der Waals surface area contributed by atoms with Gasteiger partial charge in [0.05, 0.1) is 23.4 Å². The minimum absolute atomic E-state index is 0.349. The van der Waals surface area contributed by atoms with Crippen LogP contribution in [0.4, 0.5) is 4.39 Å². The molecule has 15 heavy (non-hydrogen) atoms. The van der Waals surface area contributed by atoms with Crippen molar-refractivity contribution in [1.29, 1.82) is 0 Å². The minimum Gasteiger partial charge on any atom is -0.496 e. The van der Waals surface area contributed by atoms with Crippen LogP contribution in [0.15, 0.2) is 39.4 Å². The van der Waals surface area contributed by atoms with Crippen LogP contribution >= 0.6 is 15.9 Å². The molecule has 2 aromatic rings. The highest BCUT2D eigenvalue weighted by molar-refractivity contribution is 9.10. The molecule has 0 radical (unpaired) electrons. The van der Waals surface area contributed by atoms with E-state index in [2.05, 4.69) is 15.9 Å². The van der Waals surface area contributed by atoms with Gasteiger partial charge in [-0.2, -0.15) is 0 Å². The summed E-state index contributed by atoms with van der Waals surface area (Å²) in [6, 6.07) is 6.37. The Labute approximate surface area is 94.8 Å². The molecule has 2 nitrogen and oxygen atoms in total. The average molecular weight is 271 g/mol. The number of hydrogen-bond acceptors (Lipinski definition) is 2. The van der Waals surface area contributed by atoms with Gasteiger partial charge in [0, 0.05) is 0 Å².